The summed E-state index contributed by atoms with van der Waals surface area (Å²) in [6, 6.07) is 8.40. The van der Waals surface area contributed by atoms with Crippen LogP contribution in [0.3, 0.4) is 0 Å². The highest BCUT2D eigenvalue weighted by Crippen LogP contribution is 2.15. The van der Waals surface area contributed by atoms with E-state index in [1.54, 1.807) is 0 Å². The topological polar surface area (TPSA) is 44.8 Å². The summed E-state index contributed by atoms with van der Waals surface area (Å²) in [4.78, 5) is 11.6. The van der Waals surface area contributed by atoms with Crippen LogP contribution in [0.15, 0.2) is 24.3 Å². The number of ether oxygens (including phenoxy) is 3. The molecule has 178 valence electrons. The van der Waals surface area contributed by atoms with Gasteiger partial charge in [-0.25, -0.2) is 0 Å². The van der Waals surface area contributed by atoms with Crippen LogP contribution in [-0.4, -0.2) is 32.4 Å². The number of esters is 1. The van der Waals surface area contributed by atoms with Crippen molar-refractivity contribution in [3.05, 3.63) is 29.8 Å². The monoisotopic (exact) mass is 434 g/mol. The van der Waals surface area contributed by atoms with Gasteiger partial charge in [-0.3, -0.25) is 4.79 Å². The van der Waals surface area contributed by atoms with E-state index in [0.29, 0.717) is 32.8 Å². The van der Waals surface area contributed by atoms with E-state index in [-0.39, 0.29) is 5.97 Å². The molecule has 0 amide bonds. The molecule has 0 heterocycles. The van der Waals surface area contributed by atoms with Crippen LogP contribution in [0.2, 0.25) is 0 Å². The fourth-order valence-electron chi connectivity index (χ4n) is 3.52. The number of rotatable bonds is 21. The summed E-state index contributed by atoms with van der Waals surface area (Å²) in [5, 5.41) is 0. The van der Waals surface area contributed by atoms with Crippen LogP contribution in [0.5, 0.6) is 5.75 Å². The van der Waals surface area contributed by atoms with E-state index >= 15 is 0 Å². The standard InChI is InChI=1S/C27H46O4/c1-3-5-7-9-10-12-13-15-25-17-19-26(20-18-25)30-23-21-29-22-24-31-27(28)16-14-11-8-6-4-2/h17-20H,3-16,21-24H2,1-2H3. The molecule has 0 bridgehead atoms. The fourth-order valence-corrected chi connectivity index (χ4v) is 3.52. The SMILES string of the molecule is CCCCCCCCCc1ccc(OCCOCCOC(=O)CCCCCCC)cc1. The van der Waals surface area contributed by atoms with Crippen molar-refractivity contribution in [1.82, 2.24) is 0 Å². The molecule has 0 spiro atoms. The Morgan fingerprint density at radius 1 is 0.677 bits per heavy atom. The minimum Gasteiger partial charge on any atom is -0.491 e. The van der Waals surface area contributed by atoms with Gasteiger partial charge in [0.15, 0.2) is 0 Å². The van der Waals surface area contributed by atoms with Gasteiger partial charge in [-0.05, 0) is 37.0 Å². The van der Waals surface area contributed by atoms with Crippen molar-refractivity contribution in [2.75, 3.05) is 26.4 Å². The van der Waals surface area contributed by atoms with E-state index in [2.05, 4.69) is 26.0 Å². The first-order valence-corrected chi connectivity index (χ1v) is 12.7. The third-order valence-corrected chi connectivity index (χ3v) is 5.46. The van der Waals surface area contributed by atoms with Gasteiger partial charge in [-0.15, -0.1) is 0 Å². The molecule has 0 atom stereocenters. The van der Waals surface area contributed by atoms with E-state index in [4.69, 9.17) is 14.2 Å². The zero-order valence-corrected chi connectivity index (χ0v) is 20.2. The van der Waals surface area contributed by atoms with Crippen molar-refractivity contribution in [2.24, 2.45) is 0 Å². The lowest BCUT2D eigenvalue weighted by molar-refractivity contribution is -0.145. The predicted molar refractivity (Wildman–Crippen MR) is 129 cm³/mol. The highest BCUT2D eigenvalue weighted by atomic mass is 16.6. The molecule has 1 rings (SSSR count). The van der Waals surface area contributed by atoms with Crippen LogP contribution < -0.4 is 4.74 Å². The highest BCUT2D eigenvalue weighted by molar-refractivity contribution is 5.69. The van der Waals surface area contributed by atoms with Crippen LogP contribution in [0.1, 0.15) is 103 Å². The Labute approximate surface area is 191 Å². The van der Waals surface area contributed by atoms with Crippen molar-refractivity contribution in [3.63, 3.8) is 0 Å². The average molecular weight is 435 g/mol. The van der Waals surface area contributed by atoms with Gasteiger partial charge in [0.1, 0.15) is 19.0 Å². The van der Waals surface area contributed by atoms with Crippen molar-refractivity contribution in [2.45, 2.75) is 104 Å². The van der Waals surface area contributed by atoms with Crippen LogP contribution in [-0.2, 0) is 20.7 Å². The average Bonchev–Trinajstić information content (AvgIpc) is 2.78. The Hall–Kier alpha value is -1.55. The fraction of sp³-hybridized carbons (Fsp3) is 0.741. The Kier molecular flexibility index (Phi) is 18.0. The van der Waals surface area contributed by atoms with Crippen LogP contribution in [0.25, 0.3) is 0 Å². The molecule has 0 aliphatic rings. The molecule has 0 saturated heterocycles. The van der Waals surface area contributed by atoms with E-state index < -0.39 is 0 Å². The van der Waals surface area contributed by atoms with E-state index in [1.165, 1.54) is 69.8 Å². The molecular formula is C27H46O4. The molecule has 0 fully saturated rings. The molecule has 0 aliphatic heterocycles. The molecule has 31 heavy (non-hydrogen) atoms. The number of unbranched alkanes of at least 4 members (excludes halogenated alkanes) is 10. The number of benzene rings is 1. The van der Waals surface area contributed by atoms with Crippen LogP contribution >= 0.6 is 0 Å². The van der Waals surface area contributed by atoms with Gasteiger partial charge in [-0.1, -0.05) is 90.2 Å². The summed E-state index contributed by atoms with van der Waals surface area (Å²) in [5.41, 5.74) is 1.38. The minimum atomic E-state index is -0.118. The highest BCUT2D eigenvalue weighted by Gasteiger charge is 2.02. The summed E-state index contributed by atoms with van der Waals surface area (Å²) in [5.74, 6) is 0.759. The van der Waals surface area contributed by atoms with Gasteiger partial charge < -0.3 is 14.2 Å². The molecule has 0 aromatic heterocycles. The molecule has 1 aromatic carbocycles. The quantitative estimate of drug-likeness (QED) is 0.151. The van der Waals surface area contributed by atoms with Gasteiger partial charge >= 0.3 is 5.97 Å². The maximum Gasteiger partial charge on any atom is 0.305 e. The van der Waals surface area contributed by atoms with Gasteiger partial charge in [0, 0.05) is 6.42 Å². The molecule has 4 heteroatoms. The number of hydrogen-bond acceptors (Lipinski definition) is 4. The molecule has 4 nitrogen and oxygen atoms in total. The molecule has 0 aliphatic carbocycles. The lowest BCUT2D eigenvalue weighted by atomic mass is 10.0. The second-order valence-electron chi connectivity index (χ2n) is 8.36. The molecule has 1 aromatic rings. The van der Waals surface area contributed by atoms with E-state index in [1.807, 2.05) is 12.1 Å². The van der Waals surface area contributed by atoms with Crippen molar-refractivity contribution in [3.8, 4) is 5.75 Å². The second-order valence-corrected chi connectivity index (χ2v) is 8.36. The number of carbonyl (C=O) groups is 1. The maximum atomic E-state index is 11.6. The Balaban J connectivity index is 1.95. The number of hydrogen-bond donors (Lipinski definition) is 0. The van der Waals surface area contributed by atoms with Crippen molar-refractivity contribution >= 4 is 5.97 Å². The number of carbonyl (C=O) groups excluding carboxylic acids is 1. The Morgan fingerprint density at radius 2 is 1.26 bits per heavy atom. The second kappa shape index (κ2) is 20.4. The van der Waals surface area contributed by atoms with Gasteiger partial charge in [0.05, 0.1) is 13.2 Å². The summed E-state index contributed by atoms with van der Waals surface area (Å²) in [7, 11) is 0. The van der Waals surface area contributed by atoms with E-state index in [9.17, 15) is 4.79 Å². The Bertz CT molecular complexity index is 527. The Morgan fingerprint density at radius 3 is 1.94 bits per heavy atom. The van der Waals surface area contributed by atoms with Crippen LogP contribution in [0, 0.1) is 0 Å². The smallest absolute Gasteiger partial charge is 0.305 e. The minimum absolute atomic E-state index is 0.118. The summed E-state index contributed by atoms with van der Waals surface area (Å²) in [6.07, 6.45) is 16.8. The van der Waals surface area contributed by atoms with Gasteiger partial charge in [-0.2, -0.15) is 0 Å². The first kappa shape index (κ1) is 27.5. The molecular weight excluding hydrogens is 388 g/mol. The molecule has 0 saturated carbocycles. The predicted octanol–water partition coefficient (Wildman–Crippen LogP) is 7.28. The van der Waals surface area contributed by atoms with Crippen molar-refractivity contribution in [1.29, 1.82) is 0 Å². The maximum absolute atomic E-state index is 11.6. The third kappa shape index (κ3) is 16.8. The summed E-state index contributed by atoms with van der Waals surface area (Å²) < 4.78 is 16.4. The first-order valence-electron chi connectivity index (χ1n) is 12.7. The van der Waals surface area contributed by atoms with E-state index in [0.717, 1.165) is 25.0 Å². The zero-order valence-electron chi connectivity index (χ0n) is 20.2. The summed E-state index contributed by atoms with van der Waals surface area (Å²) >= 11 is 0. The van der Waals surface area contributed by atoms with Gasteiger partial charge in [0.25, 0.3) is 0 Å². The molecule has 0 unspecified atom stereocenters. The molecule has 0 N–H and O–H groups in total. The third-order valence-electron chi connectivity index (χ3n) is 5.46. The zero-order chi connectivity index (χ0) is 22.4. The summed E-state index contributed by atoms with van der Waals surface area (Å²) in [6.45, 7) is 6.19. The lowest BCUT2D eigenvalue weighted by Crippen LogP contribution is -2.13. The largest absolute Gasteiger partial charge is 0.491 e. The normalized spacial score (nSPS) is 10.9. The number of aryl methyl sites for hydroxylation is 1. The molecule has 0 radical (unpaired) electrons. The van der Waals surface area contributed by atoms with Crippen molar-refractivity contribution < 1.29 is 19.0 Å². The lowest BCUT2D eigenvalue weighted by Gasteiger charge is -2.09. The van der Waals surface area contributed by atoms with Crippen LogP contribution in [0.4, 0.5) is 0 Å². The van der Waals surface area contributed by atoms with Gasteiger partial charge in [0.2, 0.25) is 0 Å². The first-order chi connectivity index (χ1) is 15.3.